The Kier molecular flexibility index (Phi) is 7.02. The van der Waals surface area contributed by atoms with E-state index in [0.717, 1.165) is 24.8 Å². The van der Waals surface area contributed by atoms with E-state index < -0.39 is 12.1 Å². The molecule has 0 aromatic heterocycles. The maximum Gasteiger partial charge on any atom is 0.344 e. The Hall–Kier alpha value is -1.75. The van der Waals surface area contributed by atoms with Crippen molar-refractivity contribution in [3.05, 3.63) is 23.8 Å². The van der Waals surface area contributed by atoms with E-state index in [1.165, 1.54) is 0 Å². The average Bonchev–Trinajstić information content (AvgIpc) is 2.47. The van der Waals surface area contributed by atoms with Crippen LogP contribution in [0, 0.1) is 0 Å². The number of hydrogen-bond donors (Lipinski definition) is 2. The normalized spacial score (nSPS) is 13.5. The number of carboxylic acids is 1. The molecule has 5 nitrogen and oxygen atoms in total. The molecule has 0 aliphatic carbocycles. The third-order valence-electron chi connectivity index (χ3n) is 3.35. The summed E-state index contributed by atoms with van der Waals surface area (Å²) in [7, 11) is 1.54. The molecule has 0 aliphatic heterocycles. The van der Waals surface area contributed by atoms with Gasteiger partial charge in [-0.3, -0.25) is 0 Å². The van der Waals surface area contributed by atoms with E-state index in [0.29, 0.717) is 17.9 Å². The first-order valence-corrected chi connectivity index (χ1v) is 7.33. The highest BCUT2D eigenvalue weighted by molar-refractivity contribution is 5.72. The van der Waals surface area contributed by atoms with Crippen molar-refractivity contribution < 1.29 is 19.4 Å². The fourth-order valence-electron chi connectivity index (χ4n) is 2.03. The maximum absolute atomic E-state index is 11.2. The van der Waals surface area contributed by atoms with Crippen LogP contribution in [-0.4, -0.2) is 30.3 Å². The van der Waals surface area contributed by atoms with Gasteiger partial charge in [0.05, 0.1) is 7.11 Å². The molecule has 1 aromatic carbocycles. The summed E-state index contributed by atoms with van der Waals surface area (Å²) in [5.41, 5.74) is 7.00. The first kappa shape index (κ1) is 17.3. The van der Waals surface area contributed by atoms with E-state index >= 15 is 0 Å². The zero-order valence-corrected chi connectivity index (χ0v) is 13.0. The van der Waals surface area contributed by atoms with Crippen molar-refractivity contribution in [3.8, 4) is 11.5 Å². The first-order chi connectivity index (χ1) is 10.0. The van der Waals surface area contributed by atoms with Gasteiger partial charge in [0.15, 0.2) is 17.6 Å². The van der Waals surface area contributed by atoms with Crippen molar-refractivity contribution in [1.82, 2.24) is 0 Å². The van der Waals surface area contributed by atoms with Gasteiger partial charge in [-0.05, 0) is 37.0 Å². The van der Waals surface area contributed by atoms with Crippen LogP contribution in [0.5, 0.6) is 11.5 Å². The Bertz CT molecular complexity index is 462. The minimum absolute atomic E-state index is 0.105. The highest BCUT2D eigenvalue weighted by atomic mass is 16.5. The van der Waals surface area contributed by atoms with Gasteiger partial charge >= 0.3 is 5.97 Å². The Morgan fingerprint density at radius 1 is 1.33 bits per heavy atom. The molecule has 0 aliphatic rings. The van der Waals surface area contributed by atoms with Crippen LogP contribution in [0.25, 0.3) is 0 Å². The summed E-state index contributed by atoms with van der Waals surface area (Å²) in [6, 6.07) is 5.61. The molecule has 1 rings (SSSR count). The number of nitrogens with two attached hydrogens (primary N) is 1. The van der Waals surface area contributed by atoms with Crippen molar-refractivity contribution in [2.24, 2.45) is 5.73 Å². The average molecular weight is 295 g/mol. The van der Waals surface area contributed by atoms with E-state index in [2.05, 4.69) is 0 Å². The van der Waals surface area contributed by atoms with E-state index in [1.807, 2.05) is 26.0 Å². The largest absolute Gasteiger partial charge is 0.493 e. The van der Waals surface area contributed by atoms with Gasteiger partial charge in [0.1, 0.15) is 0 Å². The zero-order chi connectivity index (χ0) is 15.8. The quantitative estimate of drug-likeness (QED) is 0.732. The lowest BCUT2D eigenvalue weighted by Gasteiger charge is -2.18. The van der Waals surface area contributed by atoms with Crippen LogP contribution in [0.4, 0.5) is 0 Å². The van der Waals surface area contributed by atoms with Gasteiger partial charge in [-0.15, -0.1) is 0 Å². The fraction of sp³-hybridized carbons (Fsp3) is 0.562. The number of methoxy groups -OCH3 is 1. The van der Waals surface area contributed by atoms with Crippen molar-refractivity contribution >= 4 is 5.97 Å². The van der Waals surface area contributed by atoms with Crippen LogP contribution in [0.2, 0.25) is 0 Å². The number of carbonyl (C=O) groups is 1. The molecule has 2 unspecified atom stereocenters. The zero-order valence-electron chi connectivity index (χ0n) is 13.0. The van der Waals surface area contributed by atoms with Crippen LogP contribution in [0.1, 0.15) is 38.7 Å². The molecule has 0 spiro atoms. The molecule has 0 radical (unpaired) electrons. The lowest BCUT2D eigenvalue weighted by Crippen LogP contribution is -2.27. The number of rotatable bonds is 9. The molecule has 0 saturated carbocycles. The second-order valence-corrected chi connectivity index (χ2v) is 5.09. The predicted molar refractivity (Wildman–Crippen MR) is 81.9 cm³/mol. The Morgan fingerprint density at radius 3 is 2.57 bits per heavy atom. The van der Waals surface area contributed by atoms with Crippen LogP contribution < -0.4 is 15.2 Å². The van der Waals surface area contributed by atoms with Crippen molar-refractivity contribution in [2.75, 3.05) is 7.11 Å². The van der Waals surface area contributed by atoms with E-state index in [9.17, 15) is 4.79 Å². The second-order valence-electron chi connectivity index (χ2n) is 5.09. The van der Waals surface area contributed by atoms with Gasteiger partial charge < -0.3 is 20.3 Å². The smallest absolute Gasteiger partial charge is 0.344 e. The summed E-state index contributed by atoms with van der Waals surface area (Å²) in [6.07, 6.45) is 2.00. The lowest BCUT2D eigenvalue weighted by molar-refractivity contribution is -0.145. The van der Waals surface area contributed by atoms with Crippen LogP contribution >= 0.6 is 0 Å². The van der Waals surface area contributed by atoms with E-state index in [-0.39, 0.29) is 6.04 Å². The fourth-order valence-corrected chi connectivity index (χ4v) is 2.03. The molecule has 0 amide bonds. The van der Waals surface area contributed by atoms with Crippen LogP contribution in [0.3, 0.4) is 0 Å². The Balaban J connectivity index is 2.89. The molecular weight excluding hydrogens is 270 g/mol. The summed E-state index contributed by atoms with van der Waals surface area (Å²) in [4.78, 5) is 11.2. The SMILES string of the molecule is CCCC(Oc1ccc(CC(N)CC)cc1OC)C(=O)O. The molecule has 0 fully saturated rings. The lowest BCUT2D eigenvalue weighted by atomic mass is 10.0. The standard InChI is InChI=1S/C16H25NO4/c1-4-6-14(16(18)19)21-13-8-7-11(9-12(17)5-2)10-15(13)20-3/h7-8,10,12,14H,4-6,9,17H2,1-3H3,(H,18,19). The summed E-state index contributed by atoms with van der Waals surface area (Å²) in [6.45, 7) is 3.97. The number of carboxylic acid groups (broad SMARTS) is 1. The van der Waals surface area contributed by atoms with Gasteiger partial charge in [0.2, 0.25) is 0 Å². The molecule has 0 saturated heterocycles. The molecular formula is C16H25NO4. The second kappa shape index (κ2) is 8.52. The minimum atomic E-state index is -0.962. The molecule has 0 bridgehead atoms. The Labute approximate surface area is 126 Å². The predicted octanol–water partition coefficient (Wildman–Crippen LogP) is 2.61. The topological polar surface area (TPSA) is 81.8 Å². The van der Waals surface area contributed by atoms with Crippen molar-refractivity contribution in [2.45, 2.75) is 51.7 Å². The van der Waals surface area contributed by atoms with Crippen molar-refractivity contribution in [1.29, 1.82) is 0 Å². The highest BCUT2D eigenvalue weighted by Crippen LogP contribution is 2.30. The van der Waals surface area contributed by atoms with Gasteiger partial charge in [0.25, 0.3) is 0 Å². The number of aliphatic carboxylic acids is 1. The summed E-state index contributed by atoms with van der Waals surface area (Å²) < 4.78 is 10.9. The Morgan fingerprint density at radius 2 is 2.05 bits per heavy atom. The number of benzene rings is 1. The molecule has 118 valence electrons. The molecule has 1 aromatic rings. The molecule has 0 heterocycles. The van der Waals surface area contributed by atoms with Crippen LogP contribution in [0.15, 0.2) is 18.2 Å². The molecule has 3 N–H and O–H groups in total. The summed E-state index contributed by atoms with van der Waals surface area (Å²) in [5.74, 6) is 0.0290. The van der Waals surface area contributed by atoms with Gasteiger partial charge in [-0.2, -0.15) is 0 Å². The van der Waals surface area contributed by atoms with Gasteiger partial charge in [0, 0.05) is 6.04 Å². The van der Waals surface area contributed by atoms with Crippen LogP contribution in [-0.2, 0) is 11.2 Å². The number of hydrogen-bond acceptors (Lipinski definition) is 4. The molecule has 5 heteroatoms. The van der Waals surface area contributed by atoms with Gasteiger partial charge in [-0.25, -0.2) is 4.79 Å². The third kappa shape index (κ3) is 5.27. The summed E-state index contributed by atoms with van der Waals surface area (Å²) in [5, 5.41) is 9.15. The number of ether oxygens (including phenoxy) is 2. The maximum atomic E-state index is 11.2. The van der Waals surface area contributed by atoms with Crippen molar-refractivity contribution in [3.63, 3.8) is 0 Å². The molecule has 2 atom stereocenters. The van der Waals surface area contributed by atoms with Gasteiger partial charge in [-0.1, -0.05) is 26.3 Å². The minimum Gasteiger partial charge on any atom is -0.493 e. The van der Waals surface area contributed by atoms with E-state index in [4.69, 9.17) is 20.3 Å². The molecule has 21 heavy (non-hydrogen) atoms. The van der Waals surface area contributed by atoms with E-state index in [1.54, 1.807) is 13.2 Å². The first-order valence-electron chi connectivity index (χ1n) is 7.33. The monoisotopic (exact) mass is 295 g/mol. The summed E-state index contributed by atoms with van der Waals surface area (Å²) >= 11 is 0. The third-order valence-corrected chi connectivity index (χ3v) is 3.35. The highest BCUT2D eigenvalue weighted by Gasteiger charge is 2.20.